The molecule has 1 aliphatic heterocycles. The highest BCUT2D eigenvalue weighted by atomic mass is 35.5. The van der Waals surface area contributed by atoms with Crippen LogP contribution in [-0.4, -0.2) is 29.6 Å². The molecular weight excluding hydrogens is 330 g/mol. The lowest BCUT2D eigenvalue weighted by molar-refractivity contribution is 0.0596. The zero-order valence-electron chi connectivity index (χ0n) is 13.3. The first-order valence-electron chi connectivity index (χ1n) is 7.74. The molecule has 1 aromatic heterocycles. The third kappa shape index (κ3) is 3.66. The first kappa shape index (κ1) is 16.7. The van der Waals surface area contributed by atoms with Gasteiger partial charge in [0, 0.05) is 6.20 Å². The molecule has 0 bridgehead atoms. The molecule has 0 aliphatic carbocycles. The summed E-state index contributed by atoms with van der Waals surface area (Å²) in [7, 11) is 1.33. The quantitative estimate of drug-likeness (QED) is 0.838. The fourth-order valence-electron chi connectivity index (χ4n) is 2.60. The number of methoxy groups -OCH3 is 1. The average Bonchev–Trinajstić information content (AvgIpc) is 3.15. The highest BCUT2D eigenvalue weighted by Gasteiger charge is 2.22. The van der Waals surface area contributed by atoms with E-state index in [0.29, 0.717) is 27.9 Å². The van der Waals surface area contributed by atoms with Crippen LogP contribution in [0.1, 0.15) is 40.8 Å². The van der Waals surface area contributed by atoms with E-state index in [1.54, 1.807) is 12.1 Å². The number of nitrogens with zero attached hydrogens (tertiary/aromatic N) is 2. The van der Waals surface area contributed by atoms with Crippen LogP contribution in [0.5, 0.6) is 5.75 Å². The van der Waals surface area contributed by atoms with Gasteiger partial charge in [-0.05, 0) is 31.5 Å². The third-order valence-electron chi connectivity index (χ3n) is 3.86. The van der Waals surface area contributed by atoms with Gasteiger partial charge in [0.25, 0.3) is 0 Å². The molecule has 2 aromatic rings. The summed E-state index contributed by atoms with van der Waals surface area (Å²) >= 11 is 6.10. The van der Waals surface area contributed by atoms with Crippen LogP contribution in [0.3, 0.4) is 0 Å². The summed E-state index contributed by atoms with van der Waals surface area (Å²) in [6, 6.07) is 7.27. The molecule has 126 valence electrons. The van der Waals surface area contributed by atoms with E-state index in [1.807, 2.05) is 12.1 Å². The molecule has 6 nitrogen and oxygen atoms in total. The monoisotopic (exact) mass is 347 g/mol. The van der Waals surface area contributed by atoms with Crippen LogP contribution in [0.15, 0.2) is 30.5 Å². The minimum Gasteiger partial charge on any atom is -0.486 e. The summed E-state index contributed by atoms with van der Waals surface area (Å²) in [6.07, 6.45) is 3.56. The molecule has 1 unspecified atom stereocenters. The van der Waals surface area contributed by atoms with Crippen LogP contribution >= 0.6 is 11.6 Å². The highest BCUT2D eigenvalue weighted by Crippen LogP contribution is 2.25. The number of nitrogens with one attached hydrogen (secondary N) is 1. The van der Waals surface area contributed by atoms with Gasteiger partial charge < -0.3 is 14.8 Å². The Labute approximate surface area is 145 Å². The Kier molecular flexibility index (Phi) is 5.27. The van der Waals surface area contributed by atoms with E-state index in [0.717, 1.165) is 19.4 Å². The van der Waals surface area contributed by atoms with Crippen molar-refractivity contribution < 1.29 is 14.3 Å². The van der Waals surface area contributed by atoms with E-state index in [4.69, 9.17) is 21.1 Å². The van der Waals surface area contributed by atoms with Crippen LogP contribution in [-0.2, 0) is 11.3 Å². The molecule has 1 atom stereocenters. The molecule has 7 heteroatoms. The van der Waals surface area contributed by atoms with Crippen molar-refractivity contribution in [2.75, 3.05) is 13.7 Å². The molecule has 1 aromatic carbocycles. The minimum absolute atomic E-state index is 0.107. The Bertz CT molecular complexity index is 733. The Hall–Kier alpha value is -2.18. The molecular formula is C17H18ClN3O3. The number of hydrogen-bond acceptors (Lipinski definition) is 6. The Balaban J connectivity index is 1.86. The number of carbonyl (C=O) groups is 1. The Morgan fingerprint density at radius 3 is 2.96 bits per heavy atom. The maximum atomic E-state index is 11.9. The summed E-state index contributed by atoms with van der Waals surface area (Å²) in [6.45, 7) is 1.05. The molecule has 2 heterocycles. The zero-order chi connectivity index (χ0) is 16.9. The summed E-state index contributed by atoms with van der Waals surface area (Å²) in [5.74, 6) is 0.714. The maximum absolute atomic E-state index is 11.9. The molecule has 0 amide bonds. The van der Waals surface area contributed by atoms with E-state index >= 15 is 0 Å². The standard InChI is InChI=1S/C17H18ClN3O3/c1-23-17(22)11-9-20-16(13-6-4-8-19-13)21-14(11)10-24-15-7-3-2-5-12(15)18/h2-3,5,7,9,13,19H,4,6,8,10H2,1H3. The van der Waals surface area contributed by atoms with Gasteiger partial charge in [-0.3, -0.25) is 0 Å². The van der Waals surface area contributed by atoms with Crippen molar-refractivity contribution in [1.29, 1.82) is 0 Å². The van der Waals surface area contributed by atoms with Gasteiger partial charge in [-0.2, -0.15) is 0 Å². The molecule has 1 aliphatic rings. The fourth-order valence-corrected chi connectivity index (χ4v) is 2.79. The van der Waals surface area contributed by atoms with Gasteiger partial charge >= 0.3 is 5.97 Å². The minimum atomic E-state index is -0.487. The number of para-hydroxylation sites is 1. The smallest absolute Gasteiger partial charge is 0.341 e. The molecule has 1 N–H and O–H groups in total. The molecule has 1 saturated heterocycles. The highest BCUT2D eigenvalue weighted by molar-refractivity contribution is 6.32. The predicted octanol–water partition coefficient (Wildman–Crippen LogP) is 2.92. The van der Waals surface area contributed by atoms with Crippen molar-refractivity contribution in [3.63, 3.8) is 0 Å². The van der Waals surface area contributed by atoms with Gasteiger partial charge in [0.15, 0.2) is 0 Å². The first-order valence-corrected chi connectivity index (χ1v) is 8.11. The lowest BCUT2D eigenvalue weighted by Crippen LogP contribution is -2.19. The summed E-state index contributed by atoms with van der Waals surface area (Å²) in [5.41, 5.74) is 0.784. The molecule has 1 fully saturated rings. The summed E-state index contributed by atoms with van der Waals surface area (Å²) < 4.78 is 10.5. The van der Waals surface area contributed by atoms with Crippen LogP contribution < -0.4 is 10.1 Å². The van der Waals surface area contributed by atoms with E-state index in [1.165, 1.54) is 13.3 Å². The van der Waals surface area contributed by atoms with Crippen molar-refractivity contribution in [2.24, 2.45) is 0 Å². The number of carbonyl (C=O) groups excluding carboxylic acids is 1. The van der Waals surface area contributed by atoms with Gasteiger partial charge in [0.2, 0.25) is 0 Å². The molecule has 0 saturated carbocycles. The average molecular weight is 348 g/mol. The zero-order valence-corrected chi connectivity index (χ0v) is 14.0. The Morgan fingerprint density at radius 1 is 1.42 bits per heavy atom. The molecule has 0 spiro atoms. The van der Waals surface area contributed by atoms with E-state index in [9.17, 15) is 4.79 Å². The van der Waals surface area contributed by atoms with Crippen molar-refractivity contribution in [1.82, 2.24) is 15.3 Å². The van der Waals surface area contributed by atoms with E-state index in [-0.39, 0.29) is 12.6 Å². The van der Waals surface area contributed by atoms with Crippen LogP contribution in [0.25, 0.3) is 0 Å². The van der Waals surface area contributed by atoms with Gasteiger partial charge in [0.1, 0.15) is 23.7 Å². The lowest BCUT2D eigenvalue weighted by atomic mass is 10.2. The number of rotatable bonds is 5. The number of hydrogen-bond donors (Lipinski definition) is 1. The summed E-state index contributed by atoms with van der Waals surface area (Å²) in [5, 5.41) is 3.85. The fraction of sp³-hybridized carbons (Fsp3) is 0.353. The lowest BCUT2D eigenvalue weighted by Gasteiger charge is -2.14. The Morgan fingerprint density at radius 2 is 2.25 bits per heavy atom. The van der Waals surface area contributed by atoms with Gasteiger partial charge in [0.05, 0.1) is 23.9 Å². The topological polar surface area (TPSA) is 73.3 Å². The number of halogens is 1. The van der Waals surface area contributed by atoms with Gasteiger partial charge in [-0.15, -0.1) is 0 Å². The van der Waals surface area contributed by atoms with Crippen molar-refractivity contribution in [2.45, 2.75) is 25.5 Å². The third-order valence-corrected chi connectivity index (χ3v) is 4.18. The number of aromatic nitrogens is 2. The largest absolute Gasteiger partial charge is 0.486 e. The number of ether oxygens (including phenoxy) is 2. The molecule has 3 rings (SSSR count). The second-order valence-corrected chi connectivity index (χ2v) is 5.86. The van der Waals surface area contributed by atoms with Crippen LogP contribution in [0.2, 0.25) is 5.02 Å². The van der Waals surface area contributed by atoms with Gasteiger partial charge in [-0.1, -0.05) is 23.7 Å². The second kappa shape index (κ2) is 7.59. The number of esters is 1. The summed E-state index contributed by atoms with van der Waals surface area (Å²) in [4.78, 5) is 20.8. The van der Waals surface area contributed by atoms with Crippen molar-refractivity contribution in [3.8, 4) is 5.75 Å². The van der Waals surface area contributed by atoms with E-state index < -0.39 is 5.97 Å². The van der Waals surface area contributed by atoms with E-state index in [2.05, 4.69) is 15.3 Å². The first-order chi connectivity index (χ1) is 11.7. The van der Waals surface area contributed by atoms with Crippen LogP contribution in [0.4, 0.5) is 0 Å². The normalized spacial score (nSPS) is 16.8. The predicted molar refractivity (Wildman–Crippen MR) is 89.1 cm³/mol. The van der Waals surface area contributed by atoms with Crippen molar-refractivity contribution in [3.05, 3.63) is 52.6 Å². The van der Waals surface area contributed by atoms with Crippen molar-refractivity contribution >= 4 is 17.6 Å². The SMILES string of the molecule is COC(=O)c1cnc(C2CCCN2)nc1COc1ccccc1Cl. The van der Waals surface area contributed by atoms with Gasteiger partial charge in [-0.25, -0.2) is 14.8 Å². The van der Waals surface area contributed by atoms with Crippen LogP contribution in [0, 0.1) is 0 Å². The maximum Gasteiger partial charge on any atom is 0.341 e. The molecule has 24 heavy (non-hydrogen) atoms. The number of benzene rings is 1. The second-order valence-electron chi connectivity index (χ2n) is 5.45. The molecule has 0 radical (unpaired) electrons.